The zero-order valence-corrected chi connectivity index (χ0v) is 9.60. The van der Waals surface area contributed by atoms with Crippen molar-refractivity contribution in [3.05, 3.63) is 0 Å². The second-order valence-electron chi connectivity index (χ2n) is 4.63. The van der Waals surface area contributed by atoms with E-state index in [9.17, 15) is 4.79 Å². The molecule has 1 heterocycles. The molecule has 1 fully saturated rings. The van der Waals surface area contributed by atoms with Gasteiger partial charge in [0, 0.05) is 25.0 Å². The lowest BCUT2D eigenvalue weighted by Crippen LogP contribution is -2.42. The molecule has 0 aliphatic carbocycles. The van der Waals surface area contributed by atoms with Crippen LogP contribution in [0.3, 0.4) is 0 Å². The van der Waals surface area contributed by atoms with Gasteiger partial charge in [0.05, 0.1) is 0 Å². The fourth-order valence-corrected chi connectivity index (χ4v) is 1.63. The zero-order chi connectivity index (χ0) is 10.6. The van der Waals surface area contributed by atoms with Crippen molar-refractivity contribution in [1.29, 1.82) is 0 Å². The van der Waals surface area contributed by atoms with Gasteiger partial charge >= 0.3 is 0 Å². The molecule has 14 heavy (non-hydrogen) atoms. The van der Waals surface area contributed by atoms with Gasteiger partial charge < -0.3 is 10.2 Å². The summed E-state index contributed by atoms with van der Waals surface area (Å²) in [4.78, 5) is 14.1. The maximum Gasteiger partial charge on any atom is 0.228 e. The molecule has 0 spiro atoms. The van der Waals surface area contributed by atoms with Crippen LogP contribution in [0.4, 0.5) is 0 Å². The summed E-state index contributed by atoms with van der Waals surface area (Å²) in [7, 11) is 0. The van der Waals surface area contributed by atoms with Crippen molar-refractivity contribution in [2.75, 3.05) is 26.2 Å². The van der Waals surface area contributed by atoms with Gasteiger partial charge in [0.15, 0.2) is 0 Å². The van der Waals surface area contributed by atoms with Crippen LogP contribution in [-0.2, 0) is 4.79 Å². The molecule has 82 valence electrons. The Morgan fingerprint density at radius 2 is 2.07 bits per heavy atom. The molecule has 1 N–H and O–H groups in total. The third-order valence-electron chi connectivity index (χ3n) is 3.09. The predicted molar refractivity (Wildman–Crippen MR) is 58.1 cm³/mol. The first kappa shape index (κ1) is 11.5. The van der Waals surface area contributed by atoms with Crippen LogP contribution in [0.5, 0.6) is 0 Å². The molecule has 0 radical (unpaired) electrons. The van der Waals surface area contributed by atoms with Crippen LogP contribution < -0.4 is 5.32 Å². The zero-order valence-electron chi connectivity index (χ0n) is 9.60. The molecule has 0 saturated carbocycles. The van der Waals surface area contributed by atoms with Crippen LogP contribution in [0.1, 0.15) is 33.6 Å². The van der Waals surface area contributed by atoms with Crippen molar-refractivity contribution in [1.82, 2.24) is 10.2 Å². The summed E-state index contributed by atoms with van der Waals surface area (Å²) in [6.45, 7) is 9.90. The van der Waals surface area contributed by atoms with Crippen molar-refractivity contribution in [3.63, 3.8) is 0 Å². The average Bonchev–Trinajstić information content (AvgIpc) is 2.44. The Balaban J connectivity index is 2.58. The Morgan fingerprint density at radius 1 is 1.36 bits per heavy atom. The van der Waals surface area contributed by atoms with Crippen molar-refractivity contribution in [2.45, 2.75) is 33.6 Å². The normalized spacial score (nSPS) is 19.2. The van der Waals surface area contributed by atoms with Crippen molar-refractivity contribution >= 4 is 5.91 Å². The van der Waals surface area contributed by atoms with Gasteiger partial charge in [0.25, 0.3) is 0 Å². The quantitative estimate of drug-likeness (QED) is 0.724. The van der Waals surface area contributed by atoms with E-state index >= 15 is 0 Å². The van der Waals surface area contributed by atoms with Gasteiger partial charge in [-0.05, 0) is 19.4 Å². The van der Waals surface area contributed by atoms with Gasteiger partial charge in [-0.1, -0.05) is 20.8 Å². The van der Waals surface area contributed by atoms with E-state index < -0.39 is 0 Å². The Hall–Kier alpha value is -0.570. The smallest absolute Gasteiger partial charge is 0.228 e. The highest BCUT2D eigenvalue weighted by Crippen LogP contribution is 2.23. The minimum Gasteiger partial charge on any atom is -0.341 e. The molecule has 1 rings (SSSR count). The molecule has 0 unspecified atom stereocenters. The molecule has 0 aromatic heterocycles. The SMILES string of the molecule is CCC(C)(C)C(=O)N1CCCNCC1. The van der Waals surface area contributed by atoms with E-state index in [0.717, 1.165) is 39.0 Å². The van der Waals surface area contributed by atoms with Crippen LogP contribution in [0, 0.1) is 5.41 Å². The fourth-order valence-electron chi connectivity index (χ4n) is 1.63. The Morgan fingerprint density at radius 3 is 2.71 bits per heavy atom. The summed E-state index contributed by atoms with van der Waals surface area (Å²) >= 11 is 0. The highest BCUT2D eigenvalue weighted by atomic mass is 16.2. The predicted octanol–water partition coefficient (Wildman–Crippen LogP) is 1.24. The maximum absolute atomic E-state index is 12.1. The van der Waals surface area contributed by atoms with E-state index in [1.807, 2.05) is 18.7 Å². The van der Waals surface area contributed by atoms with E-state index in [2.05, 4.69) is 12.2 Å². The molecular weight excluding hydrogens is 176 g/mol. The summed E-state index contributed by atoms with van der Waals surface area (Å²) in [6, 6.07) is 0. The summed E-state index contributed by atoms with van der Waals surface area (Å²) in [6.07, 6.45) is 1.99. The molecule has 1 amide bonds. The first-order chi connectivity index (χ1) is 6.58. The second kappa shape index (κ2) is 4.78. The monoisotopic (exact) mass is 198 g/mol. The molecule has 0 atom stereocenters. The van der Waals surface area contributed by atoms with Crippen LogP contribution >= 0.6 is 0 Å². The average molecular weight is 198 g/mol. The molecule has 1 saturated heterocycles. The number of nitrogens with zero attached hydrogens (tertiary/aromatic N) is 1. The number of rotatable bonds is 2. The molecule has 0 bridgehead atoms. The van der Waals surface area contributed by atoms with E-state index in [4.69, 9.17) is 0 Å². The first-order valence-electron chi connectivity index (χ1n) is 5.58. The van der Waals surface area contributed by atoms with E-state index in [1.165, 1.54) is 0 Å². The molecule has 0 aromatic carbocycles. The van der Waals surface area contributed by atoms with Crippen LogP contribution in [0.25, 0.3) is 0 Å². The van der Waals surface area contributed by atoms with Gasteiger partial charge in [0.2, 0.25) is 5.91 Å². The Kier molecular flexibility index (Phi) is 3.93. The molecule has 3 heteroatoms. The summed E-state index contributed by atoms with van der Waals surface area (Å²) in [5.41, 5.74) is -0.190. The molecular formula is C11H22N2O. The lowest BCUT2D eigenvalue weighted by atomic mass is 9.88. The van der Waals surface area contributed by atoms with Crippen LogP contribution in [0.2, 0.25) is 0 Å². The number of carbonyl (C=O) groups is 1. The van der Waals surface area contributed by atoms with Gasteiger partial charge in [-0.25, -0.2) is 0 Å². The van der Waals surface area contributed by atoms with Crippen LogP contribution in [0.15, 0.2) is 0 Å². The lowest BCUT2D eigenvalue weighted by Gasteiger charge is -2.30. The van der Waals surface area contributed by atoms with Gasteiger partial charge in [-0.2, -0.15) is 0 Å². The van der Waals surface area contributed by atoms with E-state index in [0.29, 0.717) is 5.91 Å². The van der Waals surface area contributed by atoms with E-state index in [-0.39, 0.29) is 5.41 Å². The molecule has 1 aliphatic heterocycles. The largest absolute Gasteiger partial charge is 0.341 e. The minimum atomic E-state index is -0.190. The minimum absolute atomic E-state index is 0.190. The van der Waals surface area contributed by atoms with Crippen molar-refractivity contribution < 1.29 is 4.79 Å². The third kappa shape index (κ3) is 2.71. The van der Waals surface area contributed by atoms with Gasteiger partial charge in [-0.3, -0.25) is 4.79 Å². The third-order valence-corrected chi connectivity index (χ3v) is 3.09. The number of nitrogens with one attached hydrogen (secondary N) is 1. The lowest BCUT2D eigenvalue weighted by molar-refractivity contribution is -0.140. The van der Waals surface area contributed by atoms with Crippen molar-refractivity contribution in [3.8, 4) is 0 Å². The molecule has 3 nitrogen and oxygen atoms in total. The number of carbonyl (C=O) groups excluding carboxylic acids is 1. The maximum atomic E-state index is 12.1. The van der Waals surface area contributed by atoms with Crippen LogP contribution in [-0.4, -0.2) is 37.0 Å². The van der Waals surface area contributed by atoms with E-state index in [1.54, 1.807) is 0 Å². The fraction of sp³-hybridized carbons (Fsp3) is 0.909. The second-order valence-corrected chi connectivity index (χ2v) is 4.63. The Labute approximate surface area is 86.9 Å². The highest BCUT2D eigenvalue weighted by Gasteiger charge is 2.30. The van der Waals surface area contributed by atoms with Crippen molar-refractivity contribution in [2.24, 2.45) is 5.41 Å². The number of amides is 1. The summed E-state index contributed by atoms with van der Waals surface area (Å²) in [5, 5.41) is 3.31. The van der Waals surface area contributed by atoms with Gasteiger partial charge in [0.1, 0.15) is 0 Å². The Bertz CT molecular complexity index is 193. The first-order valence-corrected chi connectivity index (χ1v) is 5.58. The van der Waals surface area contributed by atoms with Gasteiger partial charge in [-0.15, -0.1) is 0 Å². The number of hydrogen-bond acceptors (Lipinski definition) is 2. The number of hydrogen-bond donors (Lipinski definition) is 1. The topological polar surface area (TPSA) is 32.3 Å². The summed E-state index contributed by atoms with van der Waals surface area (Å²) in [5.74, 6) is 0.309. The highest BCUT2D eigenvalue weighted by molar-refractivity contribution is 5.81. The summed E-state index contributed by atoms with van der Waals surface area (Å²) < 4.78 is 0. The molecule has 1 aliphatic rings. The molecule has 0 aromatic rings. The standard InChI is InChI=1S/C11H22N2O/c1-4-11(2,3)10(14)13-8-5-6-12-7-9-13/h12H,4-9H2,1-3H3.